The van der Waals surface area contributed by atoms with Crippen LogP contribution < -0.4 is 19.6 Å². The van der Waals surface area contributed by atoms with E-state index in [2.05, 4.69) is 10.5 Å². The molecular weight excluding hydrogens is 490 g/mol. The molecule has 0 aliphatic heterocycles. The number of carbonyl (C=O) groups is 2. The number of esters is 1. The van der Waals surface area contributed by atoms with Crippen molar-refractivity contribution < 1.29 is 28.7 Å². The Bertz CT molecular complexity index is 1500. The highest BCUT2D eigenvalue weighted by atomic mass is 16.6. The van der Waals surface area contributed by atoms with Crippen LogP contribution in [0.25, 0.3) is 10.8 Å². The number of amides is 1. The van der Waals surface area contributed by atoms with Crippen molar-refractivity contribution in [3.63, 3.8) is 0 Å². The Balaban J connectivity index is 1.49. The van der Waals surface area contributed by atoms with Crippen LogP contribution in [-0.4, -0.2) is 36.2 Å². The molecule has 38 heavy (non-hydrogen) atoms. The monoisotopic (exact) mass is 513 g/mol. The fraction of sp³-hybridized carbons (Fsp3) is 0.107. The van der Waals surface area contributed by atoms with E-state index >= 15 is 0 Å². The van der Waals surface area contributed by atoms with Crippen LogP contribution in [0.4, 0.5) is 5.69 Å². The number of hydrogen-bond donors (Lipinski definition) is 1. The first kappa shape index (κ1) is 25.8. The van der Waals surface area contributed by atoms with Gasteiger partial charge in [0.25, 0.3) is 5.91 Å². The van der Waals surface area contributed by atoms with Gasteiger partial charge in [-0.15, -0.1) is 0 Å². The normalized spacial score (nSPS) is 10.8. The lowest BCUT2D eigenvalue weighted by Crippen LogP contribution is -2.24. The molecule has 10 heteroatoms. The maximum atomic E-state index is 12.8. The minimum atomic E-state index is -0.632. The number of hydrazone groups is 1. The molecule has 0 saturated heterocycles. The number of hydrogen-bond acceptors (Lipinski definition) is 8. The summed E-state index contributed by atoms with van der Waals surface area (Å²) in [4.78, 5) is 35.6. The van der Waals surface area contributed by atoms with Gasteiger partial charge in [-0.25, -0.2) is 10.2 Å². The lowest BCUT2D eigenvalue weighted by Gasteiger charge is -2.11. The Morgan fingerprint density at radius 3 is 2.42 bits per heavy atom. The molecule has 0 atom stereocenters. The molecular formula is C28H23N3O7. The average molecular weight is 514 g/mol. The Hall–Kier alpha value is -5.25. The lowest BCUT2D eigenvalue weighted by atomic mass is 10.0. The van der Waals surface area contributed by atoms with E-state index in [0.717, 1.165) is 10.8 Å². The zero-order valence-corrected chi connectivity index (χ0v) is 20.3. The van der Waals surface area contributed by atoms with Gasteiger partial charge in [0.15, 0.2) is 12.4 Å². The molecule has 0 aliphatic carbocycles. The van der Waals surface area contributed by atoms with Gasteiger partial charge in [-0.05, 0) is 54.1 Å². The van der Waals surface area contributed by atoms with Crippen molar-refractivity contribution in [3.8, 4) is 17.2 Å². The molecule has 0 saturated carbocycles. The fourth-order valence-corrected chi connectivity index (χ4v) is 3.58. The zero-order chi connectivity index (χ0) is 26.9. The van der Waals surface area contributed by atoms with E-state index in [9.17, 15) is 19.7 Å². The van der Waals surface area contributed by atoms with Crippen molar-refractivity contribution in [1.29, 1.82) is 0 Å². The van der Waals surface area contributed by atoms with Gasteiger partial charge in [0.2, 0.25) is 0 Å². The summed E-state index contributed by atoms with van der Waals surface area (Å²) < 4.78 is 16.3. The molecule has 0 unspecified atom stereocenters. The summed E-state index contributed by atoms with van der Waals surface area (Å²) in [5.41, 5.74) is 2.89. The van der Waals surface area contributed by atoms with Gasteiger partial charge in [-0.1, -0.05) is 42.5 Å². The van der Waals surface area contributed by atoms with E-state index in [-0.39, 0.29) is 17.2 Å². The molecule has 0 aromatic heterocycles. The van der Waals surface area contributed by atoms with Crippen molar-refractivity contribution in [1.82, 2.24) is 5.43 Å². The van der Waals surface area contributed by atoms with Crippen molar-refractivity contribution in [2.24, 2.45) is 5.10 Å². The van der Waals surface area contributed by atoms with Crippen LogP contribution in [0.15, 0.2) is 90.0 Å². The van der Waals surface area contributed by atoms with Crippen LogP contribution in [0.2, 0.25) is 0 Å². The molecule has 4 aromatic carbocycles. The minimum absolute atomic E-state index is 0.0332. The van der Waals surface area contributed by atoms with Crippen molar-refractivity contribution in [3.05, 3.63) is 106 Å². The third-order valence-electron chi connectivity index (χ3n) is 5.34. The molecule has 1 amide bonds. The molecule has 0 aliphatic rings. The van der Waals surface area contributed by atoms with Crippen molar-refractivity contribution in [2.75, 3.05) is 13.2 Å². The van der Waals surface area contributed by atoms with Gasteiger partial charge < -0.3 is 14.2 Å². The predicted molar refractivity (Wildman–Crippen MR) is 141 cm³/mol. The third kappa shape index (κ3) is 6.30. The molecule has 0 heterocycles. The van der Waals surface area contributed by atoms with Gasteiger partial charge in [-0.2, -0.15) is 5.10 Å². The number of benzene rings is 4. The molecule has 0 spiro atoms. The number of carbonyl (C=O) groups excluding carboxylic acids is 2. The summed E-state index contributed by atoms with van der Waals surface area (Å²) in [6, 6.07) is 23.2. The Kier molecular flexibility index (Phi) is 8.25. The minimum Gasteiger partial charge on any atom is -0.494 e. The summed E-state index contributed by atoms with van der Waals surface area (Å²) in [6.45, 7) is 1.89. The Labute approximate surface area is 217 Å². The summed E-state index contributed by atoms with van der Waals surface area (Å²) in [6.07, 6.45) is 1.37. The average Bonchev–Trinajstić information content (AvgIpc) is 2.93. The number of nitro benzene ring substituents is 1. The number of nitro groups is 1. The van der Waals surface area contributed by atoms with Gasteiger partial charge in [-0.3, -0.25) is 14.9 Å². The number of fused-ring (bicyclic) bond motifs is 1. The van der Waals surface area contributed by atoms with Gasteiger partial charge in [0.05, 0.1) is 23.3 Å². The Morgan fingerprint density at radius 1 is 0.921 bits per heavy atom. The van der Waals surface area contributed by atoms with Crippen molar-refractivity contribution >= 4 is 34.6 Å². The first-order valence-electron chi connectivity index (χ1n) is 11.6. The SMILES string of the molecule is CCOc1ccc(C(=O)Oc2ccc3ccccc3c2C=NNC(=O)COc2ccccc2[N+](=O)[O-])cc1. The lowest BCUT2D eigenvalue weighted by molar-refractivity contribution is -0.385. The number of para-hydroxylation sites is 2. The topological polar surface area (TPSA) is 129 Å². The van der Waals surface area contributed by atoms with Gasteiger partial charge in [0.1, 0.15) is 11.5 Å². The highest BCUT2D eigenvalue weighted by Gasteiger charge is 2.16. The van der Waals surface area contributed by atoms with E-state index in [1.807, 2.05) is 37.3 Å². The number of ether oxygens (including phenoxy) is 3. The predicted octanol–water partition coefficient (Wildman–Crippen LogP) is 4.90. The second-order valence-electron chi connectivity index (χ2n) is 7.85. The van der Waals surface area contributed by atoms with E-state index in [0.29, 0.717) is 23.5 Å². The smallest absolute Gasteiger partial charge is 0.343 e. The molecule has 192 valence electrons. The van der Waals surface area contributed by atoms with E-state index in [1.54, 1.807) is 36.4 Å². The molecule has 4 aromatic rings. The summed E-state index contributed by atoms with van der Waals surface area (Å²) in [5, 5.41) is 16.7. The second kappa shape index (κ2) is 12.1. The summed E-state index contributed by atoms with van der Waals surface area (Å²) >= 11 is 0. The van der Waals surface area contributed by atoms with Crippen LogP contribution in [0.3, 0.4) is 0 Å². The quantitative estimate of drug-likeness (QED) is 0.105. The molecule has 0 radical (unpaired) electrons. The molecule has 4 rings (SSSR count). The first-order valence-corrected chi connectivity index (χ1v) is 11.6. The maximum absolute atomic E-state index is 12.8. The number of nitrogens with one attached hydrogen (secondary N) is 1. The zero-order valence-electron chi connectivity index (χ0n) is 20.3. The maximum Gasteiger partial charge on any atom is 0.343 e. The van der Waals surface area contributed by atoms with Crippen LogP contribution in [0.1, 0.15) is 22.8 Å². The van der Waals surface area contributed by atoms with Gasteiger partial charge >= 0.3 is 11.7 Å². The van der Waals surface area contributed by atoms with E-state index in [4.69, 9.17) is 14.2 Å². The van der Waals surface area contributed by atoms with Crippen LogP contribution in [0, 0.1) is 10.1 Å². The molecule has 1 N–H and O–H groups in total. The Morgan fingerprint density at radius 2 is 1.66 bits per heavy atom. The van der Waals surface area contributed by atoms with Crippen LogP contribution >= 0.6 is 0 Å². The van der Waals surface area contributed by atoms with Crippen LogP contribution in [0.5, 0.6) is 17.2 Å². The third-order valence-corrected chi connectivity index (χ3v) is 5.34. The molecule has 10 nitrogen and oxygen atoms in total. The fourth-order valence-electron chi connectivity index (χ4n) is 3.58. The standard InChI is InChI=1S/C28H23N3O7/c1-2-36-21-14-11-20(12-15-21)28(33)38-25-16-13-19-7-3-4-8-22(19)23(25)17-29-30-27(32)18-37-26-10-6-5-9-24(26)31(34)35/h3-17H,2,18H2,1H3,(H,30,32). The summed E-state index contributed by atoms with van der Waals surface area (Å²) in [5.74, 6) is -0.345. The highest BCUT2D eigenvalue weighted by Crippen LogP contribution is 2.28. The van der Waals surface area contributed by atoms with Gasteiger partial charge in [0, 0.05) is 11.6 Å². The number of rotatable bonds is 10. The van der Waals surface area contributed by atoms with Crippen molar-refractivity contribution in [2.45, 2.75) is 6.92 Å². The highest BCUT2D eigenvalue weighted by molar-refractivity contribution is 6.04. The molecule has 0 fully saturated rings. The largest absolute Gasteiger partial charge is 0.494 e. The summed E-state index contributed by atoms with van der Waals surface area (Å²) in [7, 11) is 0. The first-order chi connectivity index (χ1) is 18.5. The number of nitrogens with zero attached hydrogens (tertiary/aromatic N) is 2. The second-order valence-corrected chi connectivity index (χ2v) is 7.85. The van der Waals surface area contributed by atoms with Crippen LogP contribution in [-0.2, 0) is 4.79 Å². The van der Waals surface area contributed by atoms with E-state index < -0.39 is 23.4 Å². The molecule has 0 bridgehead atoms. The van der Waals surface area contributed by atoms with E-state index in [1.165, 1.54) is 24.4 Å².